The molecule has 2 rings (SSSR count). The van der Waals surface area contributed by atoms with E-state index in [-0.39, 0.29) is 12.1 Å². The summed E-state index contributed by atoms with van der Waals surface area (Å²) >= 11 is 1.85. The van der Waals surface area contributed by atoms with Crippen molar-refractivity contribution in [2.75, 3.05) is 7.05 Å². The molecule has 2 unspecified atom stereocenters. The molecule has 108 valence electrons. The second kappa shape index (κ2) is 6.53. The predicted octanol–water partition coefficient (Wildman–Crippen LogP) is 3.89. The smallest absolute Gasteiger partial charge is 0.0591 e. The molecule has 1 heterocycles. The summed E-state index contributed by atoms with van der Waals surface area (Å²) in [5.74, 6) is 0. The van der Waals surface area contributed by atoms with Crippen LogP contribution in [0.3, 0.4) is 0 Å². The van der Waals surface area contributed by atoms with Crippen LogP contribution in [0.1, 0.15) is 33.8 Å². The quantitative estimate of drug-likeness (QED) is 0.904. The van der Waals surface area contributed by atoms with E-state index >= 15 is 0 Å². The summed E-state index contributed by atoms with van der Waals surface area (Å²) in [4.78, 5) is 5.06. The third-order valence-electron chi connectivity index (χ3n) is 3.71. The van der Waals surface area contributed by atoms with Crippen molar-refractivity contribution in [2.24, 2.45) is 5.73 Å². The minimum absolute atomic E-state index is 0.113. The molecule has 2 atom stereocenters. The van der Waals surface area contributed by atoms with E-state index in [1.807, 2.05) is 11.3 Å². The van der Waals surface area contributed by atoms with Crippen LogP contribution in [-0.4, -0.2) is 18.0 Å². The number of likely N-dealkylation sites (N-methyl/N-ethyl adjacent to an activating group) is 1. The van der Waals surface area contributed by atoms with Gasteiger partial charge in [0.25, 0.3) is 0 Å². The minimum atomic E-state index is 0.113. The Hall–Kier alpha value is -1.16. The molecule has 0 amide bonds. The zero-order valence-corrected chi connectivity index (χ0v) is 13.6. The van der Waals surface area contributed by atoms with Gasteiger partial charge in [0, 0.05) is 22.3 Å². The average Bonchev–Trinajstić information content (AvgIpc) is 2.78. The normalized spacial score (nSPS) is 14.5. The van der Waals surface area contributed by atoms with E-state index in [2.05, 4.69) is 69.1 Å². The maximum absolute atomic E-state index is 6.24. The number of rotatable bonds is 5. The van der Waals surface area contributed by atoms with Crippen molar-refractivity contribution in [3.05, 3.63) is 57.3 Å². The van der Waals surface area contributed by atoms with E-state index in [0.29, 0.717) is 0 Å². The standard InChI is InChI=1S/C17H24N2S/c1-12-7-5-6-8-15(12)11-19(4)17(14(3)18)16-10-9-13(2)20-16/h5-10,14,17H,11,18H2,1-4H3. The monoisotopic (exact) mass is 288 g/mol. The van der Waals surface area contributed by atoms with Crippen LogP contribution < -0.4 is 5.73 Å². The maximum Gasteiger partial charge on any atom is 0.0591 e. The highest BCUT2D eigenvalue weighted by atomic mass is 32.1. The number of aryl methyl sites for hydroxylation is 2. The van der Waals surface area contributed by atoms with Crippen LogP contribution in [0.2, 0.25) is 0 Å². The van der Waals surface area contributed by atoms with Gasteiger partial charge >= 0.3 is 0 Å². The van der Waals surface area contributed by atoms with E-state index in [1.54, 1.807) is 0 Å². The van der Waals surface area contributed by atoms with Crippen LogP contribution in [-0.2, 0) is 6.54 Å². The van der Waals surface area contributed by atoms with Gasteiger partial charge in [-0.1, -0.05) is 24.3 Å². The second-order valence-corrected chi connectivity index (χ2v) is 6.91. The van der Waals surface area contributed by atoms with Crippen LogP contribution in [0.15, 0.2) is 36.4 Å². The molecular weight excluding hydrogens is 264 g/mol. The highest BCUT2D eigenvalue weighted by Crippen LogP contribution is 2.30. The fourth-order valence-electron chi connectivity index (χ4n) is 2.64. The SMILES string of the molecule is Cc1ccc(C(C(C)N)N(C)Cc2ccccc2C)s1. The van der Waals surface area contributed by atoms with Gasteiger partial charge < -0.3 is 5.73 Å². The Morgan fingerprint density at radius 2 is 1.85 bits per heavy atom. The fourth-order valence-corrected chi connectivity index (χ4v) is 3.80. The maximum atomic E-state index is 6.24. The molecule has 2 aromatic rings. The van der Waals surface area contributed by atoms with Crippen molar-refractivity contribution < 1.29 is 0 Å². The van der Waals surface area contributed by atoms with Crippen LogP contribution in [0.5, 0.6) is 0 Å². The largest absolute Gasteiger partial charge is 0.326 e. The lowest BCUT2D eigenvalue weighted by molar-refractivity contribution is 0.214. The summed E-state index contributed by atoms with van der Waals surface area (Å²) in [7, 11) is 2.16. The lowest BCUT2D eigenvalue weighted by Gasteiger charge is -2.30. The number of nitrogens with zero attached hydrogens (tertiary/aromatic N) is 1. The van der Waals surface area contributed by atoms with Crippen molar-refractivity contribution in [1.82, 2.24) is 4.90 Å². The minimum Gasteiger partial charge on any atom is -0.326 e. The molecule has 3 heteroatoms. The topological polar surface area (TPSA) is 29.3 Å². The zero-order chi connectivity index (χ0) is 14.7. The third-order valence-corrected chi connectivity index (χ3v) is 4.78. The molecular formula is C17H24N2S. The van der Waals surface area contributed by atoms with Crippen LogP contribution in [0.25, 0.3) is 0 Å². The van der Waals surface area contributed by atoms with Gasteiger partial charge in [-0.05, 0) is 51.1 Å². The Balaban J connectivity index is 2.20. The van der Waals surface area contributed by atoms with Crippen molar-refractivity contribution >= 4 is 11.3 Å². The Morgan fingerprint density at radius 1 is 1.15 bits per heavy atom. The van der Waals surface area contributed by atoms with Crippen molar-refractivity contribution in [3.8, 4) is 0 Å². The number of hydrogen-bond donors (Lipinski definition) is 1. The Morgan fingerprint density at radius 3 is 2.40 bits per heavy atom. The van der Waals surface area contributed by atoms with E-state index in [1.165, 1.54) is 20.9 Å². The van der Waals surface area contributed by atoms with E-state index in [0.717, 1.165) is 6.54 Å². The van der Waals surface area contributed by atoms with Gasteiger partial charge in [0.05, 0.1) is 6.04 Å². The number of benzene rings is 1. The summed E-state index contributed by atoms with van der Waals surface area (Å²) in [5.41, 5.74) is 8.94. The summed E-state index contributed by atoms with van der Waals surface area (Å²) < 4.78 is 0. The summed E-state index contributed by atoms with van der Waals surface area (Å²) in [5, 5.41) is 0. The molecule has 0 saturated heterocycles. The lowest BCUT2D eigenvalue weighted by atomic mass is 10.0. The number of hydrogen-bond acceptors (Lipinski definition) is 3. The number of thiophene rings is 1. The molecule has 0 aliphatic rings. The first-order chi connectivity index (χ1) is 9.49. The molecule has 0 radical (unpaired) electrons. The summed E-state index contributed by atoms with van der Waals surface area (Å²) in [6, 6.07) is 13.3. The molecule has 2 nitrogen and oxygen atoms in total. The predicted molar refractivity (Wildman–Crippen MR) is 88.1 cm³/mol. The molecule has 0 aliphatic heterocycles. The highest BCUT2D eigenvalue weighted by Gasteiger charge is 2.23. The highest BCUT2D eigenvalue weighted by molar-refractivity contribution is 7.12. The van der Waals surface area contributed by atoms with Crippen LogP contribution in [0.4, 0.5) is 0 Å². The van der Waals surface area contributed by atoms with Crippen molar-refractivity contribution in [3.63, 3.8) is 0 Å². The first-order valence-corrected chi connectivity index (χ1v) is 7.87. The van der Waals surface area contributed by atoms with Crippen molar-refractivity contribution in [2.45, 2.75) is 39.4 Å². The average molecular weight is 288 g/mol. The van der Waals surface area contributed by atoms with Crippen molar-refractivity contribution in [1.29, 1.82) is 0 Å². The molecule has 0 fully saturated rings. The van der Waals surface area contributed by atoms with Gasteiger partial charge in [0.1, 0.15) is 0 Å². The molecule has 0 aliphatic carbocycles. The van der Waals surface area contributed by atoms with Gasteiger partial charge in [0.15, 0.2) is 0 Å². The van der Waals surface area contributed by atoms with Crippen LogP contribution in [0, 0.1) is 13.8 Å². The zero-order valence-electron chi connectivity index (χ0n) is 12.8. The number of nitrogens with two attached hydrogens (primary N) is 1. The van der Waals surface area contributed by atoms with E-state index in [4.69, 9.17) is 5.73 Å². The molecule has 20 heavy (non-hydrogen) atoms. The molecule has 1 aromatic carbocycles. The first-order valence-electron chi connectivity index (χ1n) is 7.05. The Kier molecular flexibility index (Phi) is 4.97. The molecule has 2 N–H and O–H groups in total. The second-order valence-electron chi connectivity index (χ2n) is 5.59. The third kappa shape index (κ3) is 3.48. The Labute approximate surface area is 126 Å². The molecule has 0 bridgehead atoms. The molecule has 1 aromatic heterocycles. The van der Waals surface area contributed by atoms with Crippen LogP contribution >= 0.6 is 11.3 Å². The van der Waals surface area contributed by atoms with Gasteiger partial charge in [-0.25, -0.2) is 0 Å². The van der Waals surface area contributed by atoms with Gasteiger partial charge in [0.2, 0.25) is 0 Å². The molecule has 0 saturated carbocycles. The molecule has 0 spiro atoms. The first kappa shape index (κ1) is 15.2. The van der Waals surface area contributed by atoms with E-state index < -0.39 is 0 Å². The van der Waals surface area contributed by atoms with Gasteiger partial charge in [-0.15, -0.1) is 11.3 Å². The summed E-state index contributed by atoms with van der Waals surface area (Å²) in [6.45, 7) is 7.33. The van der Waals surface area contributed by atoms with Gasteiger partial charge in [-0.3, -0.25) is 4.90 Å². The lowest BCUT2D eigenvalue weighted by Crippen LogP contribution is -2.36. The summed E-state index contributed by atoms with van der Waals surface area (Å²) in [6.07, 6.45) is 0. The van der Waals surface area contributed by atoms with Gasteiger partial charge in [-0.2, -0.15) is 0 Å². The van der Waals surface area contributed by atoms with E-state index in [9.17, 15) is 0 Å². The fraction of sp³-hybridized carbons (Fsp3) is 0.412. The Bertz CT molecular complexity index is 560.